The first-order chi connectivity index (χ1) is 8.27. The Bertz CT molecular complexity index is 247. The van der Waals surface area contributed by atoms with Gasteiger partial charge in [-0.05, 0) is 25.3 Å². The largest absolute Gasteiger partial charge is 0.353 e. The van der Waals surface area contributed by atoms with Crippen molar-refractivity contribution in [1.29, 1.82) is 0 Å². The number of carbonyl (C=O) groups excluding carboxylic acids is 1. The lowest BCUT2D eigenvalue weighted by atomic mass is 9.94. The summed E-state index contributed by atoms with van der Waals surface area (Å²) < 4.78 is 0. The van der Waals surface area contributed by atoms with Crippen molar-refractivity contribution >= 4 is 5.91 Å². The number of nitrogens with one attached hydrogen (secondary N) is 2. The predicted molar refractivity (Wildman–Crippen MR) is 69.8 cm³/mol. The summed E-state index contributed by atoms with van der Waals surface area (Å²) in [6.45, 7) is 4.02. The van der Waals surface area contributed by atoms with Crippen LogP contribution in [0.1, 0.15) is 51.9 Å². The molecular formula is C14H26N2O. The van der Waals surface area contributed by atoms with E-state index in [-0.39, 0.29) is 11.8 Å². The SMILES string of the molecule is C[C@@H]1CNC[C@H]1C(=O)NC1CCCCCCC1. The van der Waals surface area contributed by atoms with Gasteiger partial charge in [-0.1, -0.05) is 39.0 Å². The highest BCUT2D eigenvalue weighted by atomic mass is 16.2. The van der Waals surface area contributed by atoms with Crippen LogP contribution in [0.4, 0.5) is 0 Å². The average Bonchev–Trinajstić information content (AvgIpc) is 2.68. The summed E-state index contributed by atoms with van der Waals surface area (Å²) in [6.07, 6.45) is 8.99. The second-order valence-electron chi connectivity index (χ2n) is 5.79. The summed E-state index contributed by atoms with van der Waals surface area (Å²) in [7, 11) is 0. The minimum Gasteiger partial charge on any atom is -0.353 e. The summed E-state index contributed by atoms with van der Waals surface area (Å²) in [5.41, 5.74) is 0. The van der Waals surface area contributed by atoms with E-state index in [4.69, 9.17) is 0 Å². The number of rotatable bonds is 2. The monoisotopic (exact) mass is 238 g/mol. The van der Waals surface area contributed by atoms with E-state index in [9.17, 15) is 4.79 Å². The minimum absolute atomic E-state index is 0.195. The fourth-order valence-electron chi connectivity index (χ4n) is 3.07. The molecule has 2 fully saturated rings. The van der Waals surface area contributed by atoms with Crippen LogP contribution in [0, 0.1) is 11.8 Å². The molecule has 2 atom stereocenters. The van der Waals surface area contributed by atoms with Gasteiger partial charge in [0.15, 0.2) is 0 Å². The van der Waals surface area contributed by atoms with E-state index < -0.39 is 0 Å². The Hall–Kier alpha value is -0.570. The molecule has 0 spiro atoms. The Morgan fingerprint density at radius 3 is 2.29 bits per heavy atom. The van der Waals surface area contributed by atoms with Crippen molar-refractivity contribution in [1.82, 2.24) is 10.6 Å². The third-order valence-electron chi connectivity index (χ3n) is 4.31. The number of amides is 1. The van der Waals surface area contributed by atoms with E-state index in [1.54, 1.807) is 0 Å². The van der Waals surface area contributed by atoms with Crippen LogP contribution in [-0.4, -0.2) is 25.0 Å². The summed E-state index contributed by atoms with van der Waals surface area (Å²) in [5.74, 6) is 0.970. The molecule has 0 unspecified atom stereocenters. The molecule has 1 heterocycles. The third kappa shape index (κ3) is 3.70. The zero-order valence-corrected chi connectivity index (χ0v) is 11.0. The number of hydrogen-bond donors (Lipinski definition) is 2. The molecule has 3 heteroatoms. The number of carbonyl (C=O) groups is 1. The molecule has 2 N–H and O–H groups in total. The van der Waals surface area contributed by atoms with Crippen molar-refractivity contribution in [2.24, 2.45) is 11.8 Å². The Morgan fingerprint density at radius 2 is 1.71 bits per heavy atom. The van der Waals surface area contributed by atoms with Crippen LogP contribution in [0.5, 0.6) is 0 Å². The Balaban J connectivity index is 1.79. The van der Waals surface area contributed by atoms with Crippen molar-refractivity contribution in [2.75, 3.05) is 13.1 Å². The van der Waals surface area contributed by atoms with E-state index in [0.29, 0.717) is 12.0 Å². The molecule has 0 bridgehead atoms. The van der Waals surface area contributed by atoms with E-state index in [1.807, 2.05) is 0 Å². The standard InChI is InChI=1S/C14H26N2O/c1-11-9-15-10-13(11)14(17)16-12-7-5-3-2-4-6-8-12/h11-13,15H,2-10H2,1H3,(H,16,17)/t11-,13-/m1/s1. The molecule has 3 nitrogen and oxygen atoms in total. The van der Waals surface area contributed by atoms with Crippen molar-refractivity contribution in [3.8, 4) is 0 Å². The van der Waals surface area contributed by atoms with E-state index in [2.05, 4.69) is 17.6 Å². The van der Waals surface area contributed by atoms with E-state index in [1.165, 1.54) is 44.9 Å². The lowest BCUT2D eigenvalue weighted by molar-refractivity contribution is -0.126. The molecule has 1 saturated heterocycles. The van der Waals surface area contributed by atoms with Crippen LogP contribution < -0.4 is 10.6 Å². The quantitative estimate of drug-likeness (QED) is 0.773. The van der Waals surface area contributed by atoms with Gasteiger partial charge in [-0.3, -0.25) is 4.79 Å². The van der Waals surface area contributed by atoms with Gasteiger partial charge in [0.05, 0.1) is 5.92 Å². The Morgan fingerprint density at radius 1 is 1.06 bits per heavy atom. The molecule has 0 radical (unpaired) electrons. The van der Waals surface area contributed by atoms with Crippen molar-refractivity contribution < 1.29 is 4.79 Å². The zero-order valence-electron chi connectivity index (χ0n) is 11.0. The molecule has 1 aliphatic carbocycles. The van der Waals surface area contributed by atoms with Gasteiger partial charge in [0.1, 0.15) is 0 Å². The van der Waals surface area contributed by atoms with Gasteiger partial charge in [0, 0.05) is 12.6 Å². The first-order valence-corrected chi connectivity index (χ1v) is 7.28. The minimum atomic E-state index is 0.195. The molecule has 98 valence electrons. The summed E-state index contributed by atoms with van der Waals surface area (Å²) >= 11 is 0. The molecule has 1 amide bonds. The topological polar surface area (TPSA) is 41.1 Å². The van der Waals surface area contributed by atoms with Crippen LogP contribution >= 0.6 is 0 Å². The second-order valence-corrected chi connectivity index (χ2v) is 5.79. The van der Waals surface area contributed by atoms with E-state index >= 15 is 0 Å². The molecule has 0 aromatic heterocycles. The molecule has 1 saturated carbocycles. The fraction of sp³-hybridized carbons (Fsp3) is 0.929. The maximum absolute atomic E-state index is 12.2. The third-order valence-corrected chi connectivity index (χ3v) is 4.31. The second kappa shape index (κ2) is 6.39. The van der Waals surface area contributed by atoms with Crippen LogP contribution in [0.25, 0.3) is 0 Å². The van der Waals surface area contributed by atoms with Gasteiger partial charge in [-0.15, -0.1) is 0 Å². The maximum atomic E-state index is 12.2. The van der Waals surface area contributed by atoms with Crippen LogP contribution in [0.15, 0.2) is 0 Å². The molecule has 17 heavy (non-hydrogen) atoms. The summed E-state index contributed by atoms with van der Waals surface area (Å²) in [4.78, 5) is 12.2. The van der Waals surface area contributed by atoms with E-state index in [0.717, 1.165) is 13.1 Å². The lowest BCUT2D eigenvalue weighted by Gasteiger charge is -2.23. The van der Waals surface area contributed by atoms with Crippen LogP contribution in [0.3, 0.4) is 0 Å². The van der Waals surface area contributed by atoms with Crippen molar-refractivity contribution in [3.63, 3.8) is 0 Å². The molecule has 1 aliphatic heterocycles. The average molecular weight is 238 g/mol. The first kappa shape index (κ1) is 12.9. The zero-order chi connectivity index (χ0) is 12.1. The fourth-order valence-corrected chi connectivity index (χ4v) is 3.07. The highest BCUT2D eigenvalue weighted by Crippen LogP contribution is 2.20. The van der Waals surface area contributed by atoms with Crippen molar-refractivity contribution in [2.45, 2.75) is 57.9 Å². The predicted octanol–water partition coefficient (Wildman–Crippen LogP) is 2.07. The van der Waals surface area contributed by atoms with Gasteiger partial charge < -0.3 is 10.6 Å². The molecule has 0 aromatic carbocycles. The van der Waals surface area contributed by atoms with Gasteiger partial charge in [-0.2, -0.15) is 0 Å². The maximum Gasteiger partial charge on any atom is 0.224 e. The normalized spacial score (nSPS) is 31.8. The van der Waals surface area contributed by atoms with Crippen molar-refractivity contribution in [3.05, 3.63) is 0 Å². The smallest absolute Gasteiger partial charge is 0.224 e. The van der Waals surface area contributed by atoms with Gasteiger partial charge >= 0.3 is 0 Å². The Kier molecular flexibility index (Phi) is 4.84. The summed E-state index contributed by atoms with van der Waals surface area (Å²) in [6, 6.07) is 0.440. The van der Waals surface area contributed by atoms with Gasteiger partial charge in [-0.25, -0.2) is 0 Å². The Labute approximate surface area is 105 Å². The lowest BCUT2D eigenvalue weighted by Crippen LogP contribution is -2.41. The molecule has 2 aliphatic rings. The van der Waals surface area contributed by atoms with Gasteiger partial charge in [0.25, 0.3) is 0 Å². The number of hydrogen-bond acceptors (Lipinski definition) is 2. The molecular weight excluding hydrogens is 212 g/mol. The molecule has 2 rings (SSSR count). The van der Waals surface area contributed by atoms with Crippen LogP contribution in [-0.2, 0) is 4.79 Å². The highest BCUT2D eigenvalue weighted by molar-refractivity contribution is 5.79. The van der Waals surface area contributed by atoms with Crippen LogP contribution in [0.2, 0.25) is 0 Å². The highest BCUT2D eigenvalue weighted by Gasteiger charge is 2.30. The van der Waals surface area contributed by atoms with Gasteiger partial charge in [0.2, 0.25) is 5.91 Å². The summed E-state index contributed by atoms with van der Waals surface area (Å²) in [5, 5.41) is 6.58. The molecule has 0 aromatic rings. The first-order valence-electron chi connectivity index (χ1n) is 7.28.